The van der Waals surface area contributed by atoms with E-state index in [-0.39, 0.29) is 46.9 Å². The number of aliphatic hydroxyl groups excluding tert-OH is 1. The highest BCUT2D eigenvalue weighted by Gasteiger charge is 2.33. The normalized spacial score (nSPS) is 16.1. The van der Waals surface area contributed by atoms with Gasteiger partial charge in [-0.2, -0.15) is 0 Å². The largest absolute Gasteiger partial charge is 0.507 e. The molecule has 1 aliphatic heterocycles. The Morgan fingerprint density at radius 2 is 1.37 bits per heavy atom. The Labute approximate surface area is 363 Å². The van der Waals surface area contributed by atoms with E-state index in [0.717, 1.165) is 35.5 Å². The number of aliphatic carboxylic acids is 1. The second kappa shape index (κ2) is 25.9. The average Bonchev–Trinajstić information content (AvgIpc) is 3.24. The van der Waals surface area contributed by atoms with Crippen LogP contribution in [-0.2, 0) is 40.0 Å². The molecule has 0 aromatic heterocycles. The second-order valence-electron chi connectivity index (χ2n) is 15.8. The van der Waals surface area contributed by atoms with E-state index in [9.17, 15) is 54.0 Å². The Morgan fingerprint density at radius 3 is 1.95 bits per heavy atom. The number of carbonyl (C=O) groups excluding carboxylic acids is 6. The standard InChI is InChI=1S/C44H65N7O11/c1-4-5-6-7-8-9-10-11-12-13-14-15-16-17-37(56)50(2)33(27-52)41(58)49-40(45)43(60)47-26-38(57)51(3)39-29-19-21-35(54)31(24-29)30-22-28(18-20-34(30)53)23-32(44(61)62)48-36(55)25-46-42(39)59/h18-22,24,32-33,39-40,52-54H,4-17,23,25-27,45H2,1-3H3,(H,46,59)(H,47,60)(H,48,55)(H,49,58)(H,61,62)/t32-,33?,39-,40-/m0/s1. The van der Waals surface area contributed by atoms with Crippen LogP contribution in [0.5, 0.6) is 11.5 Å². The van der Waals surface area contributed by atoms with Crippen molar-refractivity contribution in [2.24, 2.45) is 5.73 Å². The van der Waals surface area contributed by atoms with Gasteiger partial charge in [0.1, 0.15) is 29.6 Å². The van der Waals surface area contributed by atoms with Gasteiger partial charge in [0.25, 0.3) is 5.91 Å². The molecule has 18 heteroatoms. The topological polar surface area (TPSA) is 281 Å². The summed E-state index contributed by atoms with van der Waals surface area (Å²) in [6.45, 7) is 0.0953. The molecular weight excluding hydrogens is 803 g/mol. The summed E-state index contributed by atoms with van der Waals surface area (Å²) in [6.07, 6.45) is 13.3. The first-order valence-electron chi connectivity index (χ1n) is 21.5. The van der Waals surface area contributed by atoms with Crippen molar-refractivity contribution in [3.8, 4) is 22.6 Å². The van der Waals surface area contributed by atoms with E-state index in [2.05, 4.69) is 28.2 Å². The highest BCUT2D eigenvalue weighted by atomic mass is 16.4. The summed E-state index contributed by atoms with van der Waals surface area (Å²) < 4.78 is 0. The maximum Gasteiger partial charge on any atom is 0.326 e. The second-order valence-corrected chi connectivity index (χ2v) is 15.8. The molecule has 0 radical (unpaired) electrons. The van der Waals surface area contributed by atoms with Crippen molar-refractivity contribution in [2.45, 2.75) is 128 Å². The SMILES string of the molecule is CCCCCCCCCCCCCCCC(=O)N(C)C(CO)C(=O)N[C@H](N)C(=O)NCC(=O)N(C)[C@@H]1C(=O)NCC(=O)N[C@H](C(=O)O)Cc2ccc(O)c(c2)-c2cc1ccc2O. The third kappa shape index (κ3) is 15.6. The van der Waals surface area contributed by atoms with Gasteiger partial charge < -0.3 is 57.2 Å². The van der Waals surface area contributed by atoms with Crippen molar-refractivity contribution in [3.63, 3.8) is 0 Å². The molecule has 2 aromatic carbocycles. The summed E-state index contributed by atoms with van der Waals surface area (Å²) in [5.74, 6) is -6.74. The van der Waals surface area contributed by atoms with Crippen molar-refractivity contribution in [1.29, 1.82) is 0 Å². The number of hydrogen-bond donors (Lipinski definition) is 9. The first-order valence-corrected chi connectivity index (χ1v) is 21.5. The first kappa shape index (κ1) is 50.6. The van der Waals surface area contributed by atoms with Crippen LogP contribution >= 0.6 is 0 Å². The number of fused-ring (bicyclic) bond motifs is 5. The van der Waals surface area contributed by atoms with Crippen LogP contribution in [0.2, 0.25) is 0 Å². The number of rotatable bonds is 23. The van der Waals surface area contributed by atoms with Gasteiger partial charge in [-0.1, -0.05) is 96.1 Å². The number of nitrogens with two attached hydrogens (primary N) is 1. The van der Waals surface area contributed by atoms with Crippen LogP contribution in [0.1, 0.15) is 114 Å². The lowest BCUT2D eigenvalue weighted by molar-refractivity contribution is -0.142. The smallest absolute Gasteiger partial charge is 0.326 e. The third-order valence-corrected chi connectivity index (χ3v) is 11.0. The number of nitrogens with one attached hydrogen (secondary N) is 4. The molecule has 62 heavy (non-hydrogen) atoms. The Bertz CT molecular complexity index is 1860. The molecule has 6 amide bonds. The molecule has 3 rings (SSSR count). The number of carbonyl (C=O) groups is 7. The van der Waals surface area contributed by atoms with Crippen molar-refractivity contribution in [2.75, 3.05) is 33.8 Å². The minimum absolute atomic E-state index is 0.0524. The van der Waals surface area contributed by atoms with E-state index in [1.807, 2.05) is 0 Å². The van der Waals surface area contributed by atoms with Crippen molar-refractivity contribution in [3.05, 3.63) is 47.5 Å². The summed E-state index contributed by atoms with van der Waals surface area (Å²) in [4.78, 5) is 92.8. The zero-order valence-electron chi connectivity index (χ0n) is 36.1. The number of nitrogens with zero attached hydrogens (tertiary/aromatic N) is 2. The predicted molar refractivity (Wildman–Crippen MR) is 230 cm³/mol. The van der Waals surface area contributed by atoms with Gasteiger partial charge >= 0.3 is 5.97 Å². The number of carboxylic acid groups (broad SMARTS) is 1. The lowest BCUT2D eigenvalue weighted by atomic mass is 9.94. The quantitative estimate of drug-likeness (QED) is 0.0575. The fourth-order valence-electron chi connectivity index (χ4n) is 7.24. The highest BCUT2D eigenvalue weighted by molar-refractivity contribution is 5.95. The van der Waals surface area contributed by atoms with Crippen LogP contribution in [0, 0.1) is 0 Å². The average molecular weight is 868 g/mol. The van der Waals surface area contributed by atoms with Crippen LogP contribution in [-0.4, -0.2) is 124 Å². The Morgan fingerprint density at radius 1 is 0.806 bits per heavy atom. The number of carboxylic acids is 1. The van der Waals surface area contributed by atoms with Crippen LogP contribution in [0.15, 0.2) is 36.4 Å². The number of phenols is 2. The molecule has 342 valence electrons. The molecule has 2 aromatic rings. The van der Waals surface area contributed by atoms with E-state index in [1.165, 1.54) is 102 Å². The van der Waals surface area contributed by atoms with E-state index >= 15 is 0 Å². The van der Waals surface area contributed by atoms with Gasteiger partial charge in [0.15, 0.2) is 6.17 Å². The van der Waals surface area contributed by atoms with E-state index in [1.54, 1.807) is 0 Å². The molecule has 18 nitrogen and oxygen atoms in total. The summed E-state index contributed by atoms with van der Waals surface area (Å²) in [5, 5.41) is 50.5. The maximum atomic E-state index is 13.6. The lowest BCUT2D eigenvalue weighted by Crippen LogP contribution is -2.59. The number of aromatic hydroxyl groups is 2. The van der Waals surface area contributed by atoms with Crippen LogP contribution in [0.3, 0.4) is 0 Å². The molecule has 4 atom stereocenters. The van der Waals surface area contributed by atoms with Crippen LogP contribution < -0.4 is 27.0 Å². The number of phenolic OH excluding ortho intramolecular Hbond substituents is 2. The van der Waals surface area contributed by atoms with Gasteiger partial charge in [0, 0.05) is 38.1 Å². The van der Waals surface area contributed by atoms with Gasteiger partial charge in [0.2, 0.25) is 29.5 Å². The fourth-order valence-corrected chi connectivity index (χ4v) is 7.24. The summed E-state index contributed by atoms with van der Waals surface area (Å²) >= 11 is 0. The van der Waals surface area contributed by atoms with Gasteiger partial charge in [-0.15, -0.1) is 0 Å². The molecule has 0 saturated carbocycles. The van der Waals surface area contributed by atoms with Crippen molar-refractivity contribution >= 4 is 41.4 Å². The Balaban J connectivity index is 1.57. The minimum atomic E-state index is -1.70. The number of benzene rings is 2. The lowest BCUT2D eigenvalue weighted by Gasteiger charge is -2.29. The van der Waals surface area contributed by atoms with Gasteiger partial charge in [0.05, 0.1) is 19.7 Å². The number of likely N-dealkylation sites (N-methyl/N-ethyl adjacent to an activating group) is 2. The Kier molecular flexibility index (Phi) is 21.1. The molecule has 1 aliphatic rings. The monoisotopic (exact) mass is 867 g/mol. The van der Waals surface area contributed by atoms with E-state index in [0.29, 0.717) is 12.0 Å². The van der Waals surface area contributed by atoms with Crippen molar-refractivity contribution in [1.82, 2.24) is 31.1 Å². The zero-order chi connectivity index (χ0) is 45.8. The molecule has 1 unspecified atom stereocenters. The molecule has 0 spiro atoms. The molecule has 10 N–H and O–H groups in total. The Hall–Kier alpha value is -5.75. The molecule has 4 bridgehead atoms. The number of hydrogen-bond acceptors (Lipinski definition) is 11. The van der Waals surface area contributed by atoms with Gasteiger partial charge in [-0.05, 0) is 41.8 Å². The summed E-state index contributed by atoms with van der Waals surface area (Å²) in [6, 6.07) is 3.91. The van der Waals surface area contributed by atoms with Gasteiger partial charge in [-0.3, -0.25) is 28.8 Å². The van der Waals surface area contributed by atoms with Crippen molar-refractivity contribution < 1.29 is 54.0 Å². The molecule has 1 heterocycles. The number of unbranched alkanes of at least 4 members (excludes halogenated alkanes) is 12. The fraction of sp³-hybridized carbons (Fsp3) is 0.568. The molecule has 0 aliphatic carbocycles. The highest BCUT2D eigenvalue weighted by Crippen LogP contribution is 2.38. The van der Waals surface area contributed by atoms with Gasteiger partial charge in [-0.25, -0.2) is 4.79 Å². The molecular formula is C44H65N7O11. The van der Waals surface area contributed by atoms with Crippen LogP contribution in [0.4, 0.5) is 0 Å². The predicted octanol–water partition coefficient (Wildman–Crippen LogP) is 2.32. The van der Waals surface area contributed by atoms with Crippen LogP contribution in [0.25, 0.3) is 11.1 Å². The maximum absolute atomic E-state index is 13.6. The first-order chi connectivity index (χ1) is 29.6. The summed E-state index contributed by atoms with van der Waals surface area (Å²) in [7, 11) is 2.62. The molecule has 0 fully saturated rings. The van der Waals surface area contributed by atoms with E-state index in [4.69, 9.17) is 5.73 Å². The minimum Gasteiger partial charge on any atom is -0.507 e. The number of amides is 6. The third-order valence-electron chi connectivity index (χ3n) is 11.0. The number of aliphatic hydroxyl groups is 1. The summed E-state index contributed by atoms with van der Waals surface area (Å²) in [5.41, 5.74) is 6.59. The van der Waals surface area contributed by atoms with E-state index < -0.39 is 79.5 Å². The zero-order valence-corrected chi connectivity index (χ0v) is 36.1. The molecule has 0 saturated heterocycles.